The maximum Gasteiger partial charge on any atom is 0.269 e. The lowest BCUT2D eigenvalue weighted by atomic mass is 10.3. The number of amides is 1. The number of rotatable bonds is 5. The van der Waals surface area contributed by atoms with E-state index in [1.54, 1.807) is 43.5 Å². The van der Waals surface area contributed by atoms with Crippen LogP contribution in [0, 0.1) is 13.8 Å². The van der Waals surface area contributed by atoms with Gasteiger partial charge in [-0.15, -0.1) is 5.10 Å². The molecule has 0 aliphatic heterocycles. The molecule has 1 N–H and O–H groups in total. The molecule has 0 bridgehead atoms. The van der Waals surface area contributed by atoms with Crippen LogP contribution >= 0.6 is 11.5 Å². The molecule has 0 radical (unpaired) electrons. The van der Waals surface area contributed by atoms with E-state index in [0.717, 1.165) is 17.4 Å². The van der Waals surface area contributed by atoms with Crippen LogP contribution in [0.25, 0.3) is 5.82 Å². The molecule has 0 saturated carbocycles. The normalized spacial score (nSPS) is 10.6. The molecule has 0 unspecified atom stereocenters. The van der Waals surface area contributed by atoms with E-state index in [-0.39, 0.29) is 5.91 Å². The van der Waals surface area contributed by atoms with Gasteiger partial charge < -0.3 is 10.1 Å². The molecule has 4 rings (SSSR count). The Kier molecular flexibility index (Phi) is 4.77. The van der Waals surface area contributed by atoms with E-state index in [1.165, 1.54) is 6.33 Å². The number of nitrogens with zero attached hydrogens (tertiary/aromatic N) is 6. The minimum absolute atomic E-state index is 0.239. The Hall–Kier alpha value is -3.66. The number of carbonyl (C=O) groups excluding carboxylic acids is 1. The summed E-state index contributed by atoms with van der Waals surface area (Å²) in [6.45, 7) is 3.63. The Morgan fingerprint density at radius 1 is 1.14 bits per heavy atom. The SMILES string of the molecule is Cc1nnsc1C(=O)Nc1ccc(Oc2cc(-n3ccnc3C)ncn2)cc1. The summed E-state index contributed by atoms with van der Waals surface area (Å²) >= 11 is 1.06. The van der Waals surface area contributed by atoms with E-state index in [2.05, 4.69) is 29.9 Å². The summed E-state index contributed by atoms with van der Waals surface area (Å²) in [6.07, 6.45) is 4.96. The van der Waals surface area contributed by atoms with E-state index in [9.17, 15) is 4.79 Å². The van der Waals surface area contributed by atoms with Crippen molar-refractivity contribution in [2.45, 2.75) is 13.8 Å². The van der Waals surface area contributed by atoms with Crippen molar-refractivity contribution in [3.8, 4) is 17.4 Å². The first-order valence-electron chi connectivity index (χ1n) is 8.31. The van der Waals surface area contributed by atoms with Crippen molar-refractivity contribution < 1.29 is 9.53 Å². The Balaban J connectivity index is 1.46. The summed E-state index contributed by atoms with van der Waals surface area (Å²) in [7, 11) is 0. The van der Waals surface area contributed by atoms with Gasteiger partial charge in [-0.05, 0) is 49.6 Å². The van der Waals surface area contributed by atoms with Crippen molar-refractivity contribution in [3.05, 3.63) is 65.4 Å². The van der Waals surface area contributed by atoms with Gasteiger partial charge in [-0.3, -0.25) is 9.36 Å². The molecular weight excluding hydrogens is 378 g/mol. The second kappa shape index (κ2) is 7.53. The highest BCUT2D eigenvalue weighted by atomic mass is 32.1. The number of nitrogens with one attached hydrogen (secondary N) is 1. The van der Waals surface area contributed by atoms with Gasteiger partial charge in [-0.2, -0.15) is 0 Å². The predicted octanol–water partition coefficient (Wildman–Crippen LogP) is 3.18. The number of aryl methyl sites for hydroxylation is 2. The molecule has 0 spiro atoms. The van der Waals surface area contributed by atoms with Crippen molar-refractivity contribution in [2.75, 3.05) is 5.32 Å². The van der Waals surface area contributed by atoms with Gasteiger partial charge in [0, 0.05) is 24.1 Å². The van der Waals surface area contributed by atoms with Crippen molar-refractivity contribution in [1.82, 2.24) is 29.1 Å². The summed E-state index contributed by atoms with van der Waals surface area (Å²) < 4.78 is 11.4. The smallest absolute Gasteiger partial charge is 0.269 e. The molecule has 3 aromatic heterocycles. The molecule has 0 atom stereocenters. The van der Waals surface area contributed by atoms with Crippen molar-refractivity contribution in [1.29, 1.82) is 0 Å². The fourth-order valence-corrected chi connectivity index (χ4v) is 3.04. The van der Waals surface area contributed by atoms with Crippen LogP contribution in [0.5, 0.6) is 11.6 Å². The lowest BCUT2D eigenvalue weighted by molar-refractivity contribution is 0.103. The summed E-state index contributed by atoms with van der Waals surface area (Å²) in [5.41, 5.74) is 1.25. The first kappa shape index (κ1) is 17.7. The van der Waals surface area contributed by atoms with Crippen LogP contribution in [0.3, 0.4) is 0 Å². The molecule has 10 heteroatoms. The molecule has 1 amide bonds. The van der Waals surface area contributed by atoms with Crippen LogP contribution in [-0.4, -0.2) is 35.0 Å². The molecule has 140 valence electrons. The van der Waals surface area contributed by atoms with E-state index in [0.29, 0.717) is 33.7 Å². The zero-order valence-electron chi connectivity index (χ0n) is 15.0. The molecule has 0 fully saturated rings. The number of benzene rings is 1. The number of imidazole rings is 1. The molecule has 3 heterocycles. The topological polar surface area (TPSA) is 108 Å². The monoisotopic (exact) mass is 393 g/mol. The summed E-state index contributed by atoms with van der Waals surface area (Å²) in [6, 6.07) is 8.72. The Labute approximate surface area is 164 Å². The van der Waals surface area contributed by atoms with Crippen molar-refractivity contribution in [2.24, 2.45) is 0 Å². The van der Waals surface area contributed by atoms with Crippen molar-refractivity contribution >= 4 is 23.1 Å². The summed E-state index contributed by atoms with van der Waals surface area (Å²) in [4.78, 5) is 25.3. The number of ether oxygens (including phenoxy) is 1. The van der Waals surface area contributed by atoms with Gasteiger partial charge in [-0.25, -0.2) is 15.0 Å². The minimum Gasteiger partial charge on any atom is -0.439 e. The van der Waals surface area contributed by atoms with Gasteiger partial charge in [0.1, 0.15) is 28.6 Å². The van der Waals surface area contributed by atoms with E-state index in [1.807, 2.05) is 17.7 Å². The molecule has 9 nitrogen and oxygen atoms in total. The van der Waals surface area contributed by atoms with Gasteiger partial charge in [0.05, 0.1) is 5.69 Å². The van der Waals surface area contributed by atoms with Gasteiger partial charge in [0.25, 0.3) is 5.91 Å². The third-order valence-corrected chi connectivity index (χ3v) is 4.72. The highest BCUT2D eigenvalue weighted by Gasteiger charge is 2.13. The highest BCUT2D eigenvalue weighted by molar-refractivity contribution is 7.08. The fourth-order valence-electron chi connectivity index (χ4n) is 2.49. The zero-order valence-corrected chi connectivity index (χ0v) is 15.8. The number of aromatic nitrogens is 6. The van der Waals surface area contributed by atoms with Gasteiger partial charge in [-0.1, -0.05) is 4.49 Å². The van der Waals surface area contributed by atoms with Crippen LogP contribution in [0.15, 0.2) is 49.1 Å². The molecule has 0 aliphatic carbocycles. The van der Waals surface area contributed by atoms with Crippen LogP contribution in [0.4, 0.5) is 5.69 Å². The number of carbonyl (C=O) groups is 1. The lowest BCUT2D eigenvalue weighted by Crippen LogP contribution is -2.11. The van der Waals surface area contributed by atoms with Crippen LogP contribution in [-0.2, 0) is 0 Å². The highest BCUT2D eigenvalue weighted by Crippen LogP contribution is 2.23. The Bertz CT molecular complexity index is 1120. The zero-order chi connectivity index (χ0) is 19.5. The van der Waals surface area contributed by atoms with Crippen LogP contribution < -0.4 is 10.1 Å². The third kappa shape index (κ3) is 3.71. The molecular formula is C18H15N7O2S. The van der Waals surface area contributed by atoms with Gasteiger partial charge in [0.2, 0.25) is 5.88 Å². The molecule has 1 aromatic carbocycles. The standard InChI is InChI=1S/C18H15N7O2S/c1-11-17(28-24-23-11)18(26)22-13-3-5-14(6-4-13)27-16-9-15(20-10-21-16)25-8-7-19-12(25)2/h3-10H,1-2H3,(H,22,26). The first-order chi connectivity index (χ1) is 13.6. The number of anilines is 1. The fraction of sp³-hybridized carbons (Fsp3) is 0.111. The van der Waals surface area contributed by atoms with Crippen LogP contribution in [0.2, 0.25) is 0 Å². The summed E-state index contributed by atoms with van der Waals surface area (Å²) in [5.74, 6) is 2.23. The second-order valence-electron chi connectivity index (χ2n) is 5.83. The average Bonchev–Trinajstić information content (AvgIpc) is 3.31. The Morgan fingerprint density at radius 3 is 2.64 bits per heavy atom. The second-order valence-corrected chi connectivity index (χ2v) is 6.58. The van der Waals surface area contributed by atoms with Gasteiger partial charge >= 0.3 is 0 Å². The molecule has 4 aromatic rings. The lowest BCUT2D eigenvalue weighted by Gasteiger charge is -2.08. The number of hydrogen-bond acceptors (Lipinski definition) is 8. The number of hydrogen-bond donors (Lipinski definition) is 1. The van der Waals surface area contributed by atoms with E-state index >= 15 is 0 Å². The van der Waals surface area contributed by atoms with E-state index < -0.39 is 0 Å². The van der Waals surface area contributed by atoms with Crippen molar-refractivity contribution in [3.63, 3.8) is 0 Å². The third-order valence-electron chi connectivity index (χ3n) is 3.89. The quantitative estimate of drug-likeness (QED) is 0.555. The maximum atomic E-state index is 12.2. The van der Waals surface area contributed by atoms with Crippen LogP contribution in [0.1, 0.15) is 21.2 Å². The average molecular weight is 393 g/mol. The molecule has 0 saturated heterocycles. The Morgan fingerprint density at radius 2 is 1.96 bits per heavy atom. The summed E-state index contributed by atoms with van der Waals surface area (Å²) in [5, 5.41) is 6.65. The first-order valence-corrected chi connectivity index (χ1v) is 9.08. The van der Waals surface area contributed by atoms with E-state index in [4.69, 9.17) is 4.74 Å². The molecule has 28 heavy (non-hydrogen) atoms. The minimum atomic E-state index is -0.239. The predicted molar refractivity (Wildman–Crippen MR) is 103 cm³/mol. The van der Waals surface area contributed by atoms with Gasteiger partial charge in [0.15, 0.2) is 0 Å². The molecule has 0 aliphatic rings. The largest absolute Gasteiger partial charge is 0.439 e. The maximum absolute atomic E-state index is 12.2.